The van der Waals surface area contributed by atoms with Gasteiger partial charge in [-0.3, -0.25) is 4.79 Å². The summed E-state index contributed by atoms with van der Waals surface area (Å²) in [6, 6.07) is 5.36. The van der Waals surface area contributed by atoms with Crippen LogP contribution in [-0.4, -0.2) is 37.1 Å². The molecule has 0 saturated carbocycles. The van der Waals surface area contributed by atoms with Crippen LogP contribution in [0.5, 0.6) is 11.5 Å². The molecule has 0 bridgehead atoms. The number of carbonyl (C=O) groups is 1. The summed E-state index contributed by atoms with van der Waals surface area (Å²) < 4.78 is 11.0. The van der Waals surface area contributed by atoms with Crippen molar-refractivity contribution in [3.8, 4) is 11.5 Å². The number of fused-ring (bicyclic) bond motifs is 1. The van der Waals surface area contributed by atoms with Crippen LogP contribution < -0.4 is 15.2 Å². The van der Waals surface area contributed by atoms with E-state index in [0.717, 1.165) is 36.3 Å². The largest absolute Gasteiger partial charge is 0.486 e. The van der Waals surface area contributed by atoms with E-state index in [1.54, 1.807) is 11.9 Å². The van der Waals surface area contributed by atoms with Gasteiger partial charge in [-0.05, 0) is 24.1 Å². The molecule has 1 unspecified atom stereocenters. The lowest BCUT2D eigenvalue weighted by atomic mass is 10.1. The van der Waals surface area contributed by atoms with Gasteiger partial charge in [0.05, 0.1) is 6.04 Å². The lowest BCUT2D eigenvalue weighted by Crippen LogP contribution is -2.41. The van der Waals surface area contributed by atoms with Gasteiger partial charge in [-0.2, -0.15) is 0 Å². The highest BCUT2D eigenvalue weighted by molar-refractivity contribution is 5.81. The zero-order valence-corrected chi connectivity index (χ0v) is 12.8. The van der Waals surface area contributed by atoms with Gasteiger partial charge in [-0.1, -0.05) is 25.8 Å². The fourth-order valence-electron chi connectivity index (χ4n) is 2.37. The molecular weight excluding hydrogens is 268 g/mol. The van der Waals surface area contributed by atoms with E-state index < -0.39 is 6.04 Å². The van der Waals surface area contributed by atoms with Crippen molar-refractivity contribution in [1.82, 2.24) is 4.90 Å². The number of benzene rings is 1. The Hall–Kier alpha value is -1.75. The van der Waals surface area contributed by atoms with E-state index in [2.05, 4.69) is 6.92 Å². The first kappa shape index (κ1) is 15.6. The highest BCUT2D eigenvalue weighted by atomic mass is 16.6. The number of hydrogen-bond acceptors (Lipinski definition) is 4. The maximum atomic E-state index is 12.2. The van der Waals surface area contributed by atoms with Crippen LogP contribution in [0.4, 0.5) is 0 Å². The standard InChI is InChI=1S/C16H24N2O3/c1-3-4-5-13(17)16(19)18(2)11-12-6-7-14-15(10-12)21-9-8-20-14/h6-7,10,13H,3-5,8-9,11,17H2,1-2H3. The number of amides is 1. The van der Waals surface area contributed by atoms with Crippen molar-refractivity contribution < 1.29 is 14.3 Å². The Morgan fingerprint density at radius 2 is 2.05 bits per heavy atom. The summed E-state index contributed by atoms with van der Waals surface area (Å²) in [4.78, 5) is 13.9. The van der Waals surface area contributed by atoms with Crippen molar-refractivity contribution in [2.24, 2.45) is 5.73 Å². The molecule has 1 aromatic rings. The Bertz CT molecular complexity index is 490. The molecule has 2 rings (SSSR count). The number of hydrogen-bond donors (Lipinski definition) is 1. The highest BCUT2D eigenvalue weighted by Gasteiger charge is 2.18. The highest BCUT2D eigenvalue weighted by Crippen LogP contribution is 2.31. The number of unbranched alkanes of at least 4 members (excludes halogenated alkanes) is 1. The van der Waals surface area contributed by atoms with Gasteiger partial charge in [0.1, 0.15) is 13.2 Å². The van der Waals surface area contributed by atoms with Crippen LogP contribution in [0.25, 0.3) is 0 Å². The van der Waals surface area contributed by atoms with Crippen LogP contribution >= 0.6 is 0 Å². The molecule has 1 atom stereocenters. The average molecular weight is 292 g/mol. The molecule has 0 aliphatic carbocycles. The third kappa shape index (κ3) is 4.11. The summed E-state index contributed by atoms with van der Waals surface area (Å²) in [5.41, 5.74) is 6.94. The second-order valence-electron chi connectivity index (χ2n) is 5.42. The Morgan fingerprint density at radius 1 is 1.33 bits per heavy atom. The van der Waals surface area contributed by atoms with Crippen LogP contribution in [-0.2, 0) is 11.3 Å². The Kier molecular flexibility index (Phi) is 5.44. The maximum Gasteiger partial charge on any atom is 0.239 e. The summed E-state index contributed by atoms with van der Waals surface area (Å²) in [7, 11) is 1.78. The second-order valence-corrected chi connectivity index (χ2v) is 5.42. The van der Waals surface area contributed by atoms with E-state index >= 15 is 0 Å². The van der Waals surface area contributed by atoms with E-state index in [4.69, 9.17) is 15.2 Å². The SMILES string of the molecule is CCCCC(N)C(=O)N(C)Cc1ccc2c(c1)OCCO2. The van der Waals surface area contributed by atoms with Gasteiger partial charge < -0.3 is 20.1 Å². The molecule has 1 aromatic carbocycles. The lowest BCUT2D eigenvalue weighted by molar-refractivity contribution is -0.132. The van der Waals surface area contributed by atoms with Crippen molar-refractivity contribution in [3.05, 3.63) is 23.8 Å². The van der Waals surface area contributed by atoms with Gasteiger partial charge in [-0.25, -0.2) is 0 Å². The van der Waals surface area contributed by atoms with Crippen molar-refractivity contribution in [2.45, 2.75) is 38.8 Å². The quantitative estimate of drug-likeness (QED) is 0.870. The lowest BCUT2D eigenvalue weighted by Gasteiger charge is -2.23. The van der Waals surface area contributed by atoms with Crippen molar-refractivity contribution in [2.75, 3.05) is 20.3 Å². The van der Waals surface area contributed by atoms with Crippen LogP contribution in [0.2, 0.25) is 0 Å². The first-order valence-electron chi connectivity index (χ1n) is 7.51. The number of nitrogens with zero attached hydrogens (tertiary/aromatic N) is 1. The fraction of sp³-hybridized carbons (Fsp3) is 0.562. The summed E-state index contributed by atoms with van der Waals surface area (Å²) >= 11 is 0. The monoisotopic (exact) mass is 292 g/mol. The Morgan fingerprint density at radius 3 is 2.76 bits per heavy atom. The summed E-state index contributed by atoms with van der Waals surface area (Å²) in [5, 5.41) is 0. The minimum Gasteiger partial charge on any atom is -0.486 e. The number of ether oxygens (including phenoxy) is 2. The third-order valence-corrected chi connectivity index (χ3v) is 3.59. The number of rotatable bonds is 6. The minimum absolute atomic E-state index is 0.0154. The van der Waals surface area contributed by atoms with E-state index in [1.807, 2.05) is 18.2 Å². The second kappa shape index (κ2) is 7.31. The van der Waals surface area contributed by atoms with Crippen LogP contribution in [0.15, 0.2) is 18.2 Å². The molecule has 0 saturated heterocycles. The van der Waals surface area contributed by atoms with E-state index in [9.17, 15) is 4.79 Å². The van der Waals surface area contributed by atoms with E-state index in [1.165, 1.54) is 0 Å². The smallest absolute Gasteiger partial charge is 0.239 e. The maximum absolute atomic E-state index is 12.2. The van der Waals surface area contributed by atoms with Crippen molar-refractivity contribution in [1.29, 1.82) is 0 Å². The molecule has 1 aliphatic heterocycles. The van der Waals surface area contributed by atoms with Gasteiger partial charge in [0, 0.05) is 13.6 Å². The van der Waals surface area contributed by atoms with E-state index in [-0.39, 0.29) is 5.91 Å². The molecule has 21 heavy (non-hydrogen) atoms. The van der Waals surface area contributed by atoms with E-state index in [0.29, 0.717) is 19.8 Å². The number of carbonyl (C=O) groups excluding carboxylic acids is 1. The zero-order chi connectivity index (χ0) is 15.2. The first-order valence-corrected chi connectivity index (χ1v) is 7.51. The summed E-state index contributed by atoms with van der Waals surface area (Å²) in [6.45, 7) is 3.76. The number of likely N-dealkylation sites (N-methyl/N-ethyl adjacent to an activating group) is 1. The van der Waals surface area contributed by atoms with Gasteiger partial charge in [0.15, 0.2) is 11.5 Å². The predicted molar refractivity (Wildman–Crippen MR) is 81.4 cm³/mol. The van der Waals surface area contributed by atoms with Crippen LogP contribution in [0, 0.1) is 0 Å². The van der Waals surface area contributed by atoms with Crippen molar-refractivity contribution in [3.63, 3.8) is 0 Å². The molecule has 2 N–H and O–H groups in total. The van der Waals surface area contributed by atoms with Crippen molar-refractivity contribution >= 4 is 5.91 Å². The molecule has 0 fully saturated rings. The fourth-order valence-corrected chi connectivity index (χ4v) is 2.37. The van der Waals surface area contributed by atoms with Gasteiger partial charge >= 0.3 is 0 Å². The van der Waals surface area contributed by atoms with Gasteiger partial charge in [0.25, 0.3) is 0 Å². The average Bonchev–Trinajstić information content (AvgIpc) is 2.51. The molecule has 5 nitrogen and oxygen atoms in total. The topological polar surface area (TPSA) is 64.8 Å². The first-order chi connectivity index (χ1) is 10.1. The molecule has 0 radical (unpaired) electrons. The molecule has 1 amide bonds. The summed E-state index contributed by atoms with van der Waals surface area (Å²) in [6.07, 6.45) is 2.76. The normalized spacial score (nSPS) is 14.6. The Labute approximate surface area is 126 Å². The zero-order valence-electron chi connectivity index (χ0n) is 12.8. The van der Waals surface area contributed by atoms with Gasteiger partial charge in [-0.15, -0.1) is 0 Å². The molecular formula is C16H24N2O3. The molecule has 5 heteroatoms. The molecule has 116 valence electrons. The molecule has 0 spiro atoms. The minimum atomic E-state index is -0.410. The molecule has 1 aliphatic rings. The third-order valence-electron chi connectivity index (χ3n) is 3.59. The molecule has 0 aromatic heterocycles. The Balaban J connectivity index is 1.95. The van der Waals surface area contributed by atoms with Gasteiger partial charge in [0.2, 0.25) is 5.91 Å². The van der Waals surface area contributed by atoms with Crippen LogP contribution in [0.3, 0.4) is 0 Å². The summed E-state index contributed by atoms with van der Waals surface area (Å²) in [5.74, 6) is 1.49. The van der Waals surface area contributed by atoms with Crippen LogP contribution in [0.1, 0.15) is 31.7 Å². The molecule has 1 heterocycles. The number of nitrogens with two attached hydrogens (primary N) is 1. The predicted octanol–water partition coefficient (Wildman–Crippen LogP) is 1.93.